The summed E-state index contributed by atoms with van der Waals surface area (Å²) in [6.45, 7) is -0.683. The maximum atomic E-state index is 12.7. The lowest BCUT2D eigenvalue weighted by Gasteiger charge is -2.42. The fourth-order valence-electron chi connectivity index (χ4n) is 4.08. The second-order valence-corrected chi connectivity index (χ2v) is 7.49. The molecular formula is C22H27F2NO3. The first-order valence-corrected chi connectivity index (χ1v) is 9.52. The lowest BCUT2D eigenvalue weighted by atomic mass is 9.75. The van der Waals surface area contributed by atoms with Gasteiger partial charge in [-0.25, -0.2) is 0 Å². The highest BCUT2D eigenvalue weighted by molar-refractivity contribution is 5.33. The van der Waals surface area contributed by atoms with Crippen molar-refractivity contribution >= 4 is 0 Å². The molecule has 1 N–H and O–H groups in total. The van der Waals surface area contributed by atoms with Crippen LogP contribution >= 0.6 is 0 Å². The molecule has 0 amide bonds. The van der Waals surface area contributed by atoms with Crippen LogP contribution in [0.15, 0.2) is 48.5 Å². The lowest BCUT2D eigenvalue weighted by Crippen LogP contribution is -2.46. The Labute approximate surface area is 164 Å². The molecule has 0 aliphatic carbocycles. The Morgan fingerprint density at radius 2 is 2.00 bits per heavy atom. The first kappa shape index (κ1) is 20.6. The van der Waals surface area contributed by atoms with E-state index in [2.05, 4.69) is 9.64 Å². The molecule has 0 spiro atoms. The molecule has 1 saturated heterocycles. The number of hydrogen-bond acceptors (Lipinski definition) is 4. The topological polar surface area (TPSA) is 41.9 Å². The van der Waals surface area contributed by atoms with E-state index in [9.17, 15) is 13.9 Å². The van der Waals surface area contributed by atoms with Gasteiger partial charge in [0.15, 0.2) is 0 Å². The molecule has 1 fully saturated rings. The number of methoxy groups -OCH3 is 1. The predicted molar refractivity (Wildman–Crippen MR) is 104 cm³/mol. The van der Waals surface area contributed by atoms with Crippen molar-refractivity contribution in [2.24, 2.45) is 5.41 Å². The van der Waals surface area contributed by atoms with Crippen molar-refractivity contribution in [2.45, 2.75) is 32.4 Å². The monoisotopic (exact) mass is 391 g/mol. The van der Waals surface area contributed by atoms with E-state index in [1.807, 2.05) is 36.4 Å². The van der Waals surface area contributed by atoms with Crippen molar-refractivity contribution in [3.63, 3.8) is 0 Å². The molecular weight excluding hydrogens is 364 g/mol. The molecule has 0 bridgehead atoms. The normalized spacial score (nSPS) is 20.3. The number of likely N-dealkylation sites (tertiary alicyclic amines) is 1. The van der Waals surface area contributed by atoms with Crippen LogP contribution in [-0.4, -0.2) is 43.4 Å². The quantitative estimate of drug-likeness (QED) is 0.735. The minimum absolute atomic E-state index is 0.0793. The summed E-state index contributed by atoms with van der Waals surface area (Å²) in [6, 6.07) is 14.8. The molecule has 1 atom stereocenters. The number of ether oxygens (including phenoxy) is 2. The van der Waals surface area contributed by atoms with Crippen LogP contribution in [0.3, 0.4) is 0 Å². The Balaban J connectivity index is 1.73. The second kappa shape index (κ2) is 9.34. The van der Waals surface area contributed by atoms with Crippen LogP contribution in [0.2, 0.25) is 0 Å². The Bertz CT molecular complexity index is 771. The maximum absolute atomic E-state index is 12.7. The zero-order valence-electron chi connectivity index (χ0n) is 16.1. The van der Waals surface area contributed by atoms with Crippen molar-refractivity contribution in [1.29, 1.82) is 0 Å². The molecule has 0 saturated carbocycles. The summed E-state index contributed by atoms with van der Waals surface area (Å²) >= 11 is 0. The summed E-state index contributed by atoms with van der Waals surface area (Å²) in [7, 11) is 1.64. The van der Waals surface area contributed by atoms with E-state index in [1.54, 1.807) is 19.2 Å². The number of aliphatic hydroxyl groups is 1. The number of hydrogen-bond donors (Lipinski definition) is 1. The molecule has 2 aromatic rings. The van der Waals surface area contributed by atoms with Crippen LogP contribution in [0.5, 0.6) is 11.5 Å². The number of nitrogens with zero attached hydrogens (tertiary/aromatic N) is 1. The molecule has 152 valence electrons. The number of aliphatic hydroxyl groups excluding tert-OH is 1. The van der Waals surface area contributed by atoms with Gasteiger partial charge in [-0.1, -0.05) is 30.3 Å². The van der Waals surface area contributed by atoms with E-state index in [4.69, 9.17) is 4.74 Å². The van der Waals surface area contributed by atoms with Crippen LogP contribution < -0.4 is 9.47 Å². The average Bonchev–Trinajstić information content (AvgIpc) is 2.69. The first-order valence-electron chi connectivity index (χ1n) is 9.52. The first-order chi connectivity index (χ1) is 13.5. The summed E-state index contributed by atoms with van der Waals surface area (Å²) in [4.78, 5) is 2.22. The molecule has 1 heterocycles. The smallest absolute Gasteiger partial charge is 0.387 e. The Morgan fingerprint density at radius 1 is 1.18 bits per heavy atom. The second-order valence-electron chi connectivity index (χ2n) is 7.49. The van der Waals surface area contributed by atoms with Gasteiger partial charge in [0, 0.05) is 24.1 Å². The summed E-state index contributed by atoms with van der Waals surface area (Å²) in [6.07, 6.45) is 2.61. The number of para-hydroxylation sites is 1. The molecule has 1 aliphatic rings. The van der Waals surface area contributed by atoms with E-state index in [0.717, 1.165) is 42.7 Å². The Hall–Kier alpha value is -2.18. The average molecular weight is 391 g/mol. The third-order valence-electron chi connectivity index (χ3n) is 5.37. The number of benzene rings is 2. The molecule has 6 heteroatoms. The van der Waals surface area contributed by atoms with Gasteiger partial charge in [-0.05, 0) is 49.6 Å². The summed E-state index contributed by atoms with van der Waals surface area (Å²) < 4.78 is 35.3. The van der Waals surface area contributed by atoms with Crippen LogP contribution in [0.25, 0.3) is 0 Å². The highest BCUT2D eigenvalue weighted by atomic mass is 19.3. The van der Waals surface area contributed by atoms with Gasteiger partial charge in [0.25, 0.3) is 0 Å². The van der Waals surface area contributed by atoms with Gasteiger partial charge in [0.1, 0.15) is 11.5 Å². The van der Waals surface area contributed by atoms with E-state index in [-0.39, 0.29) is 17.8 Å². The van der Waals surface area contributed by atoms with Gasteiger partial charge < -0.3 is 14.6 Å². The van der Waals surface area contributed by atoms with Gasteiger partial charge in [-0.2, -0.15) is 8.78 Å². The highest BCUT2D eigenvalue weighted by Crippen LogP contribution is 2.35. The Kier molecular flexibility index (Phi) is 6.86. The zero-order valence-corrected chi connectivity index (χ0v) is 16.1. The van der Waals surface area contributed by atoms with Crippen LogP contribution in [0, 0.1) is 5.41 Å². The number of alkyl halides is 2. The minimum Gasteiger partial charge on any atom is -0.497 e. The van der Waals surface area contributed by atoms with Gasteiger partial charge in [-0.3, -0.25) is 4.90 Å². The summed E-state index contributed by atoms with van der Waals surface area (Å²) in [5.74, 6) is 1.02. The molecule has 4 nitrogen and oxygen atoms in total. The molecule has 2 aromatic carbocycles. The van der Waals surface area contributed by atoms with Gasteiger partial charge in [-0.15, -0.1) is 0 Å². The highest BCUT2D eigenvalue weighted by Gasteiger charge is 2.35. The number of halogens is 2. The molecule has 3 rings (SSSR count). The molecule has 0 unspecified atom stereocenters. The van der Waals surface area contributed by atoms with Crippen LogP contribution in [-0.2, 0) is 13.0 Å². The van der Waals surface area contributed by atoms with Gasteiger partial charge in [0.05, 0.1) is 13.7 Å². The van der Waals surface area contributed by atoms with Crippen LogP contribution in [0.4, 0.5) is 8.78 Å². The van der Waals surface area contributed by atoms with Gasteiger partial charge >= 0.3 is 6.61 Å². The van der Waals surface area contributed by atoms with E-state index < -0.39 is 6.61 Å². The SMILES string of the molecule is COc1cccc(C[C@]2(CO)CCCN(Cc3ccccc3OC(F)F)C2)c1. The fraction of sp³-hybridized carbons (Fsp3) is 0.455. The summed E-state index contributed by atoms with van der Waals surface area (Å²) in [5.41, 5.74) is 1.60. The maximum Gasteiger partial charge on any atom is 0.387 e. The lowest BCUT2D eigenvalue weighted by molar-refractivity contribution is -0.0511. The van der Waals surface area contributed by atoms with Crippen molar-refractivity contribution in [3.8, 4) is 11.5 Å². The molecule has 28 heavy (non-hydrogen) atoms. The number of rotatable bonds is 8. The predicted octanol–water partition coefficient (Wildman–Crippen LogP) is 4.11. The largest absolute Gasteiger partial charge is 0.497 e. The molecule has 1 aliphatic heterocycles. The fourth-order valence-corrected chi connectivity index (χ4v) is 4.08. The Morgan fingerprint density at radius 3 is 2.75 bits per heavy atom. The van der Waals surface area contributed by atoms with E-state index in [0.29, 0.717) is 13.1 Å². The van der Waals surface area contributed by atoms with Crippen molar-refractivity contribution in [2.75, 3.05) is 26.8 Å². The standard InChI is InChI=1S/C22H27F2NO3/c1-27-19-8-4-6-17(12-19)13-22(16-26)10-5-11-25(15-22)14-18-7-2-3-9-20(18)28-21(23)24/h2-4,6-9,12,21,26H,5,10-11,13-16H2,1H3/t22-/m1/s1. The third-order valence-corrected chi connectivity index (χ3v) is 5.37. The zero-order chi connectivity index (χ0) is 20.0. The van der Waals surface area contributed by atoms with E-state index in [1.165, 1.54) is 0 Å². The molecule has 0 aromatic heterocycles. The molecule has 0 radical (unpaired) electrons. The van der Waals surface area contributed by atoms with Gasteiger partial charge in [0.2, 0.25) is 0 Å². The minimum atomic E-state index is -2.84. The van der Waals surface area contributed by atoms with E-state index >= 15 is 0 Å². The van der Waals surface area contributed by atoms with Crippen molar-refractivity contribution in [3.05, 3.63) is 59.7 Å². The van der Waals surface area contributed by atoms with Crippen molar-refractivity contribution in [1.82, 2.24) is 4.90 Å². The summed E-state index contributed by atoms with van der Waals surface area (Å²) in [5, 5.41) is 10.2. The van der Waals surface area contributed by atoms with Crippen LogP contribution in [0.1, 0.15) is 24.0 Å². The number of piperidine rings is 1. The third kappa shape index (κ3) is 5.20. The van der Waals surface area contributed by atoms with Crippen molar-refractivity contribution < 1.29 is 23.4 Å².